The number of rotatable bonds is 4. The van der Waals surface area contributed by atoms with Crippen LogP contribution in [0.15, 0.2) is 27.7 Å². The van der Waals surface area contributed by atoms with Gasteiger partial charge in [-0.25, -0.2) is 9.38 Å². The third-order valence-corrected chi connectivity index (χ3v) is 3.62. The third-order valence-electron chi connectivity index (χ3n) is 3.13. The lowest BCUT2D eigenvalue weighted by Gasteiger charge is -2.33. The molecule has 1 aromatic carbocycles. The zero-order chi connectivity index (χ0) is 16.4. The van der Waals surface area contributed by atoms with E-state index in [1.54, 1.807) is 0 Å². The van der Waals surface area contributed by atoms with Gasteiger partial charge in [0.25, 0.3) is 6.02 Å². The van der Waals surface area contributed by atoms with Gasteiger partial charge in [-0.1, -0.05) is 15.9 Å². The summed E-state index contributed by atoms with van der Waals surface area (Å²) in [6.07, 6.45) is -4.32. The lowest BCUT2D eigenvalue weighted by atomic mass is 9.87. The van der Waals surface area contributed by atoms with Crippen LogP contribution in [0.25, 0.3) is 0 Å². The second-order valence-electron chi connectivity index (χ2n) is 4.81. The molecule has 0 saturated heterocycles. The van der Waals surface area contributed by atoms with Crippen molar-refractivity contribution in [3.8, 4) is 0 Å². The largest absolute Gasteiger partial charge is 0.465 e. The zero-order valence-electron chi connectivity index (χ0n) is 11.3. The van der Waals surface area contributed by atoms with Gasteiger partial charge >= 0.3 is 6.18 Å². The maximum absolute atomic E-state index is 14.1. The summed E-state index contributed by atoms with van der Waals surface area (Å²) in [4.78, 5) is 4.02. The molecule has 1 aliphatic heterocycles. The predicted octanol–water partition coefficient (Wildman–Crippen LogP) is 3.10. The number of amidine groups is 1. The Morgan fingerprint density at radius 3 is 2.77 bits per heavy atom. The van der Waals surface area contributed by atoms with Crippen LogP contribution in [0.3, 0.4) is 0 Å². The fourth-order valence-electron chi connectivity index (χ4n) is 2.19. The molecule has 1 heterocycles. The molecule has 0 amide bonds. The number of nitrogens with zero attached hydrogens (tertiary/aromatic N) is 1. The smallest absolute Gasteiger partial charge is 0.411 e. The molecule has 0 aromatic heterocycles. The van der Waals surface area contributed by atoms with Crippen LogP contribution in [0.1, 0.15) is 12.0 Å². The lowest BCUT2D eigenvalue weighted by Crippen LogP contribution is -2.40. The molecular formula is C13H13BrF4N2O2. The molecule has 1 atom stereocenters. The second-order valence-corrected chi connectivity index (χ2v) is 5.73. The minimum absolute atomic E-state index is 0.107. The molecule has 0 fully saturated rings. The Hall–Kier alpha value is -1.35. The van der Waals surface area contributed by atoms with Gasteiger partial charge in [-0.2, -0.15) is 13.2 Å². The standard InChI is InChI=1S/C13H13BrF4N2O2/c14-8-1-2-10(15)9(5-8)12(3-4-22-11(19)20-12)6-21-7-13(16,17)18/h1-2,5H,3-4,6-7H2,(H2,19,20)/t12-/m1/s1. The molecule has 0 spiro atoms. The van der Waals surface area contributed by atoms with Crippen molar-refractivity contribution in [3.05, 3.63) is 34.1 Å². The summed E-state index contributed by atoms with van der Waals surface area (Å²) in [5.41, 5.74) is 4.27. The van der Waals surface area contributed by atoms with Gasteiger partial charge in [0.2, 0.25) is 0 Å². The van der Waals surface area contributed by atoms with E-state index in [2.05, 4.69) is 20.9 Å². The van der Waals surface area contributed by atoms with Crippen molar-refractivity contribution in [2.45, 2.75) is 18.1 Å². The molecule has 2 N–H and O–H groups in total. The third kappa shape index (κ3) is 4.10. The maximum atomic E-state index is 14.1. The second kappa shape index (κ2) is 6.41. The topological polar surface area (TPSA) is 56.8 Å². The number of hydrogen-bond acceptors (Lipinski definition) is 4. The summed E-state index contributed by atoms with van der Waals surface area (Å²) in [5.74, 6) is -0.600. The zero-order valence-corrected chi connectivity index (χ0v) is 12.9. The fraction of sp³-hybridized carbons (Fsp3) is 0.462. The lowest BCUT2D eigenvalue weighted by molar-refractivity contribution is -0.178. The molecule has 2 rings (SSSR count). The van der Waals surface area contributed by atoms with E-state index in [-0.39, 0.29) is 24.6 Å². The molecule has 1 aliphatic rings. The van der Waals surface area contributed by atoms with E-state index in [9.17, 15) is 17.6 Å². The highest BCUT2D eigenvalue weighted by atomic mass is 79.9. The van der Waals surface area contributed by atoms with Crippen LogP contribution in [0.2, 0.25) is 0 Å². The molecule has 4 nitrogen and oxygen atoms in total. The van der Waals surface area contributed by atoms with Crippen molar-refractivity contribution >= 4 is 22.0 Å². The molecule has 0 aliphatic carbocycles. The summed E-state index contributed by atoms with van der Waals surface area (Å²) < 4.78 is 61.2. The Labute approximate surface area is 132 Å². The van der Waals surface area contributed by atoms with E-state index in [1.165, 1.54) is 18.2 Å². The van der Waals surface area contributed by atoms with Crippen molar-refractivity contribution in [1.29, 1.82) is 0 Å². The van der Waals surface area contributed by atoms with Crippen LogP contribution in [-0.4, -0.2) is 32.0 Å². The van der Waals surface area contributed by atoms with Crippen molar-refractivity contribution in [2.24, 2.45) is 10.7 Å². The molecule has 0 unspecified atom stereocenters. The van der Waals surface area contributed by atoms with Crippen LogP contribution < -0.4 is 5.73 Å². The SMILES string of the molecule is NC1=N[C@](COCC(F)(F)F)(c2cc(Br)ccc2F)CCO1. The number of ether oxygens (including phenoxy) is 2. The van der Waals surface area contributed by atoms with E-state index in [1.807, 2.05) is 0 Å². The monoisotopic (exact) mass is 384 g/mol. The van der Waals surface area contributed by atoms with Crippen LogP contribution in [0, 0.1) is 5.82 Å². The van der Waals surface area contributed by atoms with Crippen molar-refractivity contribution in [2.75, 3.05) is 19.8 Å². The first-order valence-corrected chi connectivity index (χ1v) is 7.09. The average Bonchev–Trinajstić information content (AvgIpc) is 2.40. The summed E-state index contributed by atoms with van der Waals surface area (Å²) in [6.45, 7) is -1.79. The van der Waals surface area contributed by atoms with Crippen LogP contribution in [0.4, 0.5) is 17.6 Å². The summed E-state index contributed by atoms with van der Waals surface area (Å²) in [5, 5.41) is 0. The highest BCUT2D eigenvalue weighted by Gasteiger charge is 2.39. The number of nitrogens with two attached hydrogens (primary N) is 1. The Morgan fingerprint density at radius 2 is 2.14 bits per heavy atom. The van der Waals surface area contributed by atoms with Gasteiger partial charge in [0.1, 0.15) is 18.0 Å². The molecule has 22 heavy (non-hydrogen) atoms. The Balaban J connectivity index is 2.34. The van der Waals surface area contributed by atoms with Crippen LogP contribution >= 0.6 is 15.9 Å². The van der Waals surface area contributed by atoms with Gasteiger partial charge in [-0.3, -0.25) is 0 Å². The highest BCUT2D eigenvalue weighted by Crippen LogP contribution is 2.36. The van der Waals surface area contributed by atoms with E-state index in [0.29, 0.717) is 4.47 Å². The van der Waals surface area contributed by atoms with Gasteiger partial charge < -0.3 is 15.2 Å². The summed E-state index contributed by atoms with van der Waals surface area (Å²) >= 11 is 3.20. The first-order valence-electron chi connectivity index (χ1n) is 6.30. The fourth-order valence-corrected chi connectivity index (χ4v) is 2.55. The average molecular weight is 385 g/mol. The first kappa shape index (κ1) is 17.0. The predicted molar refractivity (Wildman–Crippen MR) is 74.8 cm³/mol. The maximum Gasteiger partial charge on any atom is 0.411 e. The van der Waals surface area contributed by atoms with E-state index < -0.39 is 30.7 Å². The van der Waals surface area contributed by atoms with Crippen molar-refractivity contribution in [3.63, 3.8) is 0 Å². The highest BCUT2D eigenvalue weighted by molar-refractivity contribution is 9.10. The van der Waals surface area contributed by atoms with E-state index >= 15 is 0 Å². The molecule has 0 bridgehead atoms. The van der Waals surface area contributed by atoms with Crippen molar-refractivity contribution < 1.29 is 27.0 Å². The van der Waals surface area contributed by atoms with Gasteiger partial charge in [-0.05, 0) is 18.2 Å². The minimum Gasteiger partial charge on any atom is -0.465 e. The number of benzene rings is 1. The molecule has 0 saturated carbocycles. The molecule has 9 heteroatoms. The Kier molecular flexibility index (Phi) is 4.96. The minimum atomic E-state index is -4.47. The van der Waals surface area contributed by atoms with Crippen LogP contribution in [-0.2, 0) is 15.0 Å². The molecule has 122 valence electrons. The summed E-state index contributed by atoms with van der Waals surface area (Å²) in [6, 6.07) is 3.93. The van der Waals surface area contributed by atoms with Gasteiger partial charge in [-0.15, -0.1) is 0 Å². The number of halogens is 5. The van der Waals surface area contributed by atoms with Gasteiger partial charge in [0.05, 0.1) is 13.2 Å². The van der Waals surface area contributed by atoms with Crippen LogP contribution in [0.5, 0.6) is 0 Å². The molecule has 0 radical (unpaired) electrons. The number of alkyl halides is 3. The van der Waals surface area contributed by atoms with E-state index in [0.717, 1.165) is 0 Å². The quantitative estimate of drug-likeness (QED) is 0.811. The van der Waals surface area contributed by atoms with Gasteiger partial charge in [0.15, 0.2) is 0 Å². The Morgan fingerprint density at radius 1 is 1.41 bits per heavy atom. The first-order chi connectivity index (χ1) is 10.2. The van der Waals surface area contributed by atoms with Gasteiger partial charge in [0, 0.05) is 16.5 Å². The summed E-state index contributed by atoms with van der Waals surface area (Å²) in [7, 11) is 0. The normalized spacial score (nSPS) is 22.1. The van der Waals surface area contributed by atoms with Crippen molar-refractivity contribution in [1.82, 2.24) is 0 Å². The number of aliphatic imine (C=N–C) groups is 1. The molecular weight excluding hydrogens is 372 g/mol. The Bertz CT molecular complexity index is 580. The number of hydrogen-bond donors (Lipinski definition) is 1. The van der Waals surface area contributed by atoms with E-state index in [4.69, 9.17) is 15.2 Å². The molecule has 1 aromatic rings.